The largest absolute Gasteiger partial charge is 0.419 e. The molecule has 0 amide bonds. The lowest BCUT2D eigenvalue weighted by atomic mass is 10.2. The zero-order chi connectivity index (χ0) is 10.8. The lowest BCUT2D eigenvalue weighted by Gasteiger charge is -2.10. The molecule has 78 valence electrons. The molecule has 0 unspecified atom stereocenters. The van der Waals surface area contributed by atoms with Gasteiger partial charge < -0.3 is 0 Å². The number of hydrogen-bond acceptors (Lipinski definition) is 3. The summed E-state index contributed by atoms with van der Waals surface area (Å²) < 4.78 is 37.2. The van der Waals surface area contributed by atoms with Gasteiger partial charge in [0.15, 0.2) is 5.16 Å². The molecular weight excluding hydrogens is 213 g/mol. The van der Waals surface area contributed by atoms with Crippen molar-refractivity contribution in [2.45, 2.75) is 24.7 Å². The van der Waals surface area contributed by atoms with E-state index in [1.165, 1.54) is 11.8 Å². The zero-order valence-corrected chi connectivity index (χ0v) is 8.54. The number of alkyl halides is 3. The molecule has 0 radical (unpaired) electrons. The predicted molar refractivity (Wildman–Crippen MR) is 48.2 cm³/mol. The van der Waals surface area contributed by atoms with Crippen LogP contribution in [0.15, 0.2) is 11.4 Å². The van der Waals surface area contributed by atoms with E-state index < -0.39 is 11.7 Å². The molecule has 0 atom stereocenters. The predicted octanol–water partition coefficient (Wildman–Crippen LogP) is 2.78. The summed E-state index contributed by atoms with van der Waals surface area (Å²) in [5.41, 5.74) is -0.686. The van der Waals surface area contributed by atoms with Crippen LogP contribution in [0.1, 0.15) is 18.2 Å². The summed E-state index contributed by atoms with van der Waals surface area (Å²) in [5.74, 6) is 0. The van der Waals surface area contributed by atoms with Gasteiger partial charge in [-0.25, -0.2) is 9.97 Å². The van der Waals surface area contributed by atoms with Gasteiger partial charge in [-0.3, -0.25) is 0 Å². The van der Waals surface area contributed by atoms with Crippen LogP contribution in [-0.4, -0.2) is 16.2 Å². The summed E-state index contributed by atoms with van der Waals surface area (Å²) in [7, 11) is 0. The standard InChI is InChI=1S/C8H9F3N2S/c1-3-6-5(8(9,10)11)4-12-7(13-6)14-2/h4H,3H2,1-2H3. The number of halogens is 3. The van der Waals surface area contributed by atoms with Gasteiger partial charge in [-0.15, -0.1) is 0 Å². The van der Waals surface area contributed by atoms with E-state index in [2.05, 4.69) is 9.97 Å². The molecule has 0 aliphatic carbocycles. The molecule has 1 rings (SSSR count). The normalized spacial score (nSPS) is 11.8. The maximum absolute atomic E-state index is 12.4. The minimum atomic E-state index is -4.36. The Morgan fingerprint density at radius 2 is 2.07 bits per heavy atom. The highest BCUT2D eigenvalue weighted by atomic mass is 32.2. The maximum Gasteiger partial charge on any atom is 0.419 e. The van der Waals surface area contributed by atoms with E-state index >= 15 is 0 Å². The molecule has 1 aromatic heterocycles. The summed E-state index contributed by atoms with van der Waals surface area (Å²) in [6.45, 7) is 1.64. The van der Waals surface area contributed by atoms with Crippen LogP contribution < -0.4 is 0 Å². The minimum absolute atomic E-state index is 0.0526. The van der Waals surface area contributed by atoms with E-state index in [-0.39, 0.29) is 12.1 Å². The third-order valence-corrected chi connectivity index (χ3v) is 2.23. The number of aryl methyl sites for hydroxylation is 1. The van der Waals surface area contributed by atoms with Crippen molar-refractivity contribution < 1.29 is 13.2 Å². The quantitative estimate of drug-likeness (QED) is 0.568. The van der Waals surface area contributed by atoms with E-state index in [0.717, 1.165) is 6.20 Å². The number of nitrogens with zero attached hydrogens (tertiary/aromatic N) is 2. The van der Waals surface area contributed by atoms with Gasteiger partial charge in [-0.2, -0.15) is 13.2 Å². The Labute approximate surface area is 84.0 Å². The van der Waals surface area contributed by atoms with Gasteiger partial charge in [0.1, 0.15) is 0 Å². The van der Waals surface area contributed by atoms with Crippen molar-refractivity contribution in [1.29, 1.82) is 0 Å². The van der Waals surface area contributed by atoms with Crippen molar-refractivity contribution >= 4 is 11.8 Å². The fourth-order valence-corrected chi connectivity index (χ4v) is 1.36. The van der Waals surface area contributed by atoms with Crippen molar-refractivity contribution in [2.24, 2.45) is 0 Å². The van der Waals surface area contributed by atoms with Crippen LogP contribution in [0.3, 0.4) is 0 Å². The first-order valence-electron chi connectivity index (χ1n) is 3.96. The molecule has 0 aromatic carbocycles. The molecule has 14 heavy (non-hydrogen) atoms. The average Bonchev–Trinajstić information content (AvgIpc) is 2.15. The Balaban J connectivity index is 3.18. The monoisotopic (exact) mass is 222 g/mol. The van der Waals surface area contributed by atoms with Crippen LogP contribution in [0.2, 0.25) is 0 Å². The van der Waals surface area contributed by atoms with Crippen LogP contribution >= 0.6 is 11.8 Å². The Morgan fingerprint density at radius 1 is 1.43 bits per heavy atom. The van der Waals surface area contributed by atoms with E-state index in [1.807, 2.05) is 0 Å². The van der Waals surface area contributed by atoms with E-state index in [4.69, 9.17) is 0 Å². The summed E-state index contributed by atoms with van der Waals surface area (Å²) >= 11 is 1.23. The van der Waals surface area contributed by atoms with Gasteiger partial charge >= 0.3 is 6.18 Å². The van der Waals surface area contributed by atoms with Crippen LogP contribution in [0.5, 0.6) is 0 Å². The summed E-state index contributed by atoms with van der Waals surface area (Å²) in [4.78, 5) is 7.41. The van der Waals surface area contributed by atoms with E-state index in [0.29, 0.717) is 5.16 Å². The SMILES string of the molecule is CCc1nc(SC)ncc1C(F)(F)F. The first-order chi connectivity index (χ1) is 6.49. The Kier molecular flexibility index (Phi) is 3.36. The highest BCUT2D eigenvalue weighted by Crippen LogP contribution is 2.31. The van der Waals surface area contributed by atoms with Gasteiger partial charge in [-0.1, -0.05) is 18.7 Å². The Bertz CT molecular complexity index is 325. The molecule has 0 saturated carbocycles. The van der Waals surface area contributed by atoms with Crippen LogP contribution in [-0.2, 0) is 12.6 Å². The molecule has 1 heterocycles. The van der Waals surface area contributed by atoms with E-state index in [1.54, 1.807) is 13.2 Å². The zero-order valence-electron chi connectivity index (χ0n) is 7.72. The topological polar surface area (TPSA) is 25.8 Å². The first-order valence-corrected chi connectivity index (χ1v) is 5.18. The minimum Gasteiger partial charge on any atom is -0.230 e. The van der Waals surface area contributed by atoms with Crippen molar-refractivity contribution in [3.63, 3.8) is 0 Å². The third-order valence-electron chi connectivity index (χ3n) is 1.67. The molecule has 1 aromatic rings. The maximum atomic E-state index is 12.4. The first kappa shape index (κ1) is 11.3. The second kappa shape index (κ2) is 4.16. The van der Waals surface area contributed by atoms with Gasteiger partial charge in [0.25, 0.3) is 0 Å². The highest BCUT2D eigenvalue weighted by Gasteiger charge is 2.34. The highest BCUT2D eigenvalue weighted by molar-refractivity contribution is 7.98. The fraction of sp³-hybridized carbons (Fsp3) is 0.500. The number of hydrogen-bond donors (Lipinski definition) is 0. The van der Waals surface area contributed by atoms with Gasteiger partial charge in [0.2, 0.25) is 0 Å². The van der Waals surface area contributed by atoms with Crippen molar-refractivity contribution in [3.8, 4) is 0 Å². The smallest absolute Gasteiger partial charge is 0.230 e. The van der Waals surface area contributed by atoms with Crippen LogP contribution in [0.4, 0.5) is 13.2 Å². The lowest BCUT2D eigenvalue weighted by Crippen LogP contribution is -2.11. The molecule has 0 saturated heterocycles. The molecule has 0 aliphatic rings. The lowest BCUT2D eigenvalue weighted by molar-refractivity contribution is -0.138. The Morgan fingerprint density at radius 3 is 2.50 bits per heavy atom. The number of thioether (sulfide) groups is 1. The van der Waals surface area contributed by atoms with Crippen molar-refractivity contribution in [3.05, 3.63) is 17.5 Å². The molecule has 2 nitrogen and oxygen atoms in total. The molecule has 0 fully saturated rings. The summed E-state index contributed by atoms with van der Waals surface area (Å²) in [6.07, 6.45) is -1.53. The third kappa shape index (κ3) is 2.37. The van der Waals surface area contributed by atoms with Crippen LogP contribution in [0.25, 0.3) is 0 Å². The molecule has 0 aliphatic heterocycles. The van der Waals surface area contributed by atoms with Gasteiger partial charge in [0.05, 0.1) is 11.3 Å². The van der Waals surface area contributed by atoms with Gasteiger partial charge in [-0.05, 0) is 12.7 Å². The number of aromatic nitrogens is 2. The van der Waals surface area contributed by atoms with Gasteiger partial charge in [0, 0.05) is 6.20 Å². The molecule has 6 heteroatoms. The van der Waals surface area contributed by atoms with Crippen LogP contribution in [0, 0.1) is 0 Å². The molecule has 0 N–H and O–H groups in total. The summed E-state index contributed by atoms with van der Waals surface area (Å²) in [5, 5.41) is 0.370. The second-order valence-corrected chi connectivity index (χ2v) is 3.34. The van der Waals surface area contributed by atoms with E-state index in [9.17, 15) is 13.2 Å². The molecule has 0 spiro atoms. The van der Waals surface area contributed by atoms with Crippen molar-refractivity contribution in [2.75, 3.05) is 6.26 Å². The average molecular weight is 222 g/mol. The number of rotatable bonds is 2. The molecule has 0 bridgehead atoms. The second-order valence-electron chi connectivity index (χ2n) is 2.57. The summed E-state index contributed by atoms with van der Waals surface area (Å²) in [6, 6.07) is 0. The molecular formula is C8H9F3N2S. The fourth-order valence-electron chi connectivity index (χ4n) is 1.00. The van der Waals surface area contributed by atoms with Crippen molar-refractivity contribution in [1.82, 2.24) is 9.97 Å². The Hall–Kier alpha value is -0.780.